The fourth-order valence-corrected chi connectivity index (χ4v) is 2.88. The molecule has 1 N–H and O–H groups in total. The minimum Gasteiger partial charge on any atom is -0.465 e. The van der Waals surface area contributed by atoms with Crippen molar-refractivity contribution in [2.75, 3.05) is 39.3 Å². The number of amides is 2. The van der Waals surface area contributed by atoms with Gasteiger partial charge in [0.2, 0.25) is 11.8 Å². The topological polar surface area (TPSA) is 79.0 Å². The van der Waals surface area contributed by atoms with E-state index in [-0.39, 0.29) is 30.7 Å². The Morgan fingerprint density at radius 1 is 1.28 bits per heavy atom. The van der Waals surface area contributed by atoms with Gasteiger partial charge in [-0.2, -0.15) is 0 Å². The van der Waals surface area contributed by atoms with Gasteiger partial charge in [-0.25, -0.2) is 0 Å². The summed E-state index contributed by atoms with van der Waals surface area (Å²) in [4.78, 5) is 40.5. The fourth-order valence-electron chi connectivity index (χ4n) is 2.88. The molecule has 0 radical (unpaired) electrons. The van der Waals surface area contributed by atoms with Crippen molar-refractivity contribution in [3.05, 3.63) is 0 Å². The molecule has 7 nitrogen and oxygen atoms in total. The van der Waals surface area contributed by atoms with Crippen LogP contribution in [0.5, 0.6) is 0 Å². The minimum absolute atomic E-state index is 0.0914. The lowest BCUT2D eigenvalue weighted by atomic mass is 10.1. The molecule has 2 amide bonds. The lowest BCUT2D eigenvalue weighted by Crippen LogP contribution is -2.59. The highest BCUT2D eigenvalue weighted by atomic mass is 16.5. The highest BCUT2D eigenvalue weighted by Gasteiger charge is 2.35. The number of hydrogen-bond donors (Lipinski definition) is 1. The molecular weight excluding hydrogens is 322 g/mol. The lowest BCUT2D eigenvalue weighted by molar-refractivity contribution is -0.152. The molecule has 0 aromatic heterocycles. The van der Waals surface area contributed by atoms with Crippen molar-refractivity contribution in [1.29, 1.82) is 0 Å². The Hall–Kier alpha value is -1.63. The van der Waals surface area contributed by atoms with Crippen LogP contribution in [0.4, 0.5) is 0 Å². The molecule has 1 aliphatic rings. The zero-order valence-corrected chi connectivity index (χ0v) is 16.0. The third-order valence-electron chi connectivity index (χ3n) is 4.03. The molecule has 0 aliphatic carbocycles. The molecule has 1 saturated heterocycles. The predicted octanol–water partition coefficient (Wildman–Crippen LogP) is 1.02. The zero-order valence-electron chi connectivity index (χ0n) is 16.0. The van der Waals surface area contributed by atoms with Crippen LogP contribution in [0.2, 0.25) is 0 Å². The number of hydrogen-bond acceptors (Lipinski definition) is 5. The van der Waals surface area contributed by atoms with Crippen LogP contribution < -0.4 is 5.32 Å². The second-order valence-corrected chi connectivity index (χ2v) is 6.95. The van der Waals surface area contributed by atoms with Gasteiger partial charge in [0.1, 0.15) is 6.04 Å². The quantitative estimate of drug-likeness (QED) is 0.592. The Labute approximate surface area is 151 Å². The van der Waals surface area contributed by atoms with E-state index in [0.717, 1.165) is 25.9 Å². The monoisotopic (exact) mass is 355 g/mol. The van der Waals surface area contributed by atoms with Crippen molar-refractivity contribution >= 4 is 17.8 Å². The van der Waals surface area contributed by atoms with Gasteiger partial charge in [-0.1, -0.05) is 27.7 Å². The molecule has 0 aromatic carbocycles. The van der Waals surface area contributed by atoms with E-state index in [1.54, 1.807) is 0 Å². The minimum atomic E-state index is -0.772. The second-order valence-electron chi connectivity index (χ2n) is 6.95. The van der Waals surface area contributed by atoms with Crippen molar-refractivity contribution in [2.24, 2.45) is 5.92 Å². The van der Waals surface area contributed by atoms with E-state index in [1.165, 1.54) is 4.90 Å². The summed E-state index contributed by atoms with van der Waals surface area (Å²) in [6.45, 7) is 11.2. The van der Waals surface area contributed by atoms with Crippen LogP contribution in [0.3, 0.4) is 0 Å². The maximum atomic E-state index is 12.7. The average Bonchev–Trinajstić information content (AvgIpc) is 2.55. The molecule has 7 heteroatoms. The molecule has 0 bridgehead atoms. The molecule has 1 fully saturated rings. The van der Waals surface area contributed by atoms with E-state index < -0.39 is 12.0 Å². The number of rotatable bonds is 10. The number of carbonyl (C=O) groups excluding carboxylic acids is 3. The molecule has 1 unspecified atom stereocenters. The van der Waals surface area contributed by atoms with E-state index in [9.17, 15) is 14.4 Å². The van der Waals surface area contributed by atoms with Gasteiger partial charge in [0, 0.05) is 13.1 Å². The number of piperazine rings is 1. The summed E-state index contributed by atoms with van der Waals surface area (Å²) in [7, 11) is 0. The Bertz CT molecular complexity index is 448. The maximum absolute atomic E-state index is 12.7. The van der Waals surface area contributed by atoms with Gasteiger partial charge >= 0.3 is 5.97 Å². The molecule has 144 valence electrons. The van der Waals surface area contributed by atoms with E-state index >= 15 is 0 Å². The molecule has 25 heavy (non-hydrogen) atoms. The predicted molar refractivity (Wildman–Crippen MR) is 95.9 cm³/mol. The summed E-state index contributed by atoms with van der Waals surface area (Å²) in [5, 5.41) is 2.74. The van der Waals surface area contributed by atoms with Crippen LogP contribution in [0.1, 0.15) is 47.0 Å². The molecule has 0 saturated carbocycles. The van der Waals surface area contributed by atoms with Crippen molar-refractivity contribution in [2.45, 2.75) is 53.0 Å². The van der Waals surface area contributed by atoms with Gasteiger partial charge < -0.3 is 15.0 Å². The van der Waals surface area contributed by atoms with Crippen LogP contribution in [-0.2, 0) is 19.1 Å². The molecule has 0 spiro atoms. The van der Waals surface area contributed by atoms with Crippen molar-refractivity contribution in [3.8, 4) is 0 Å². The second kappa shape index (κ2) is 11.1. The van der Waals surface area contributed by atoms with Crippen molar-refractivity contribution in [3.63, 3.8) is 0 Å². The van der Waals surface area contributed by atoms with Crippen LogP contribution in [0, 0.1) is 5.92 Å². The summed E-state index contributed by atoms with van der Waals surface area (Å²) in [5.74, 6) is -0.580. The Morgan fingerprint density at radius 3 is 2.48 bits per heavy atom. The normalized spacial score (nSPS) is 17.8. The number of ether oxygens (including phenoxy) is 1. The fraction of sp³-hybridized carbons (Fsp3) is 0.833. The van der Waals surface area contributed by atoms with Gasteiger partial charge in [0.25, 0.3) is 0 Å². The number of carbonyl (C=O) groups is 3. The third-order valence-corrected chi connectivity index (χ3v) is 4.03. The third kappa shape index (κ3) is 7.42. The largest absolute Gasteiger partial charge is 0.465 e. The van der Waals surface area contributed by atoms with Crippen LogP contribution in [0.15, 0.2) is 0 Å². The lowest BCUT2D eigenvalue weighted by Gasteiger charge is -2.36. The van der Waals surface area contributed by atoms with E-state index in [4.69, 9.17) is 4.74 Å². The number of nitrogens with one attached hydrogen (secondary N) is 1. The number of nitrogens with zero attached hydrogens (tertiary/aromatic N) is 2. The molecule has 1 rings (SSSR count). The standard InChI is InChI=1S/C18H33N3O4/c1-5-8-20(9-6-2)12-16(22)21-10-7-19-18(24)15(21)11-17(23)25-13-14(3)4/h14-15H,5-13H2,1-4H3,(H,19,24). The van der Waals surface area contributed by atoms with Gasteiger partial charge in [-0.05, 0) is 31.8 Å². The summed E-state index contributed by atoms with van der Waals surface area (Å²) in [6, 6.07) is -0.772. The Kier molecular flexibility index (Phi) is 9.49. The highest BCUT2D eigenvalue weighted by Crippen LogP contribution is 2.12. The number of esters is 1. The van der Waals surface area contributed by atoms with Gasteiger partial charge in [0.05, 0.1) is 19.6 Å². The van der Waals surface area contributed by atoms with E-state index in [0.29, 0.717) is 19.7 Å². The van der Waals surface area contributed by atoms with Crippen LogP contribution in [0.25, 0.3) is 0 Å². The maximum Gasteiger partial charge on any atom is 0.308 e. The van der Waals surface area contributed by atoms with E-state index in [1.807, 2.05) is 13.8 Å². The molecule has 1 heterocycles. The first kappa shape index (κ1) is 21.4. The van der Waals surface area contributed by atoms with Gasteiger partial charge in [-0.3, -0.25) is 19.3 Å². The molecule has 1 atom stereocenters. The summed E-state index contributed by atoms with van der Waals surface area (Å²) in [5.41, 5.74) is 0. The average molecular weight is 355 g/mol. The molecule has 0 aromatic rings. The summed E-state index contributed by atoms with van der Waals surface area (Å²) in [6.07, 6.45) is 1.85. The smallest absolute Gasteiger partial charge is 0.308 e. The summed E-state index contributed by atoms with van der Waals surface area (Å²) >= 11 is 0. The Balaban J connectivity index is 2.70. The highest BCUT2D eigenvalue weighted by molar-refractivity contribution is 5.92. The first-order valence-corrected chi connectivity index (χ1v) is 9.34. The molecule has 1 aliphatic heterocycles. The van der Waals surface area contributed by atoms with Crippen molar-refractivity contribution < 1.29 is 19.1 Å². The van der Waals surface area contributed by atoms with Crippen LogP contribution >= 0.6 is 0 Å². The first-order valence-electron chi connectivity index (χ1n) is 9.34. The van der Waals surface area contributed by atoms with Gasteiger partial charge in [0.15, 0.2) is 0 Å². The SMILES string of the molecule is CCCN(CCC)CC(=O)N1CCNC(=O)C1CC(=O)OCC(C)C. The zero-order chi connectivity index (χ0) is 18.8. The Morgan fingerprint density at radius 2 is 1.92 bits per heavy atom. The molecular formula is C18H33N3O4. The van der Waals surface area contributed by atoms with Gasteiger partial charge in [-0.15, -0.1) is 0 Å². The van der Waals surface area contributed by atoms with Crippen molar-refractivity contribution in [1.82, 2.24) is 15.1 Å². The van der Waals surface area contributed by atoms with Crippen LogP contribution in [-0.4, -0.2) is 73.0 Å². The first-order chi connectivity index (χ1) is 11.9. The van der Waals surface area contributed by atoms with E-state index in [2.05, 4.69) is 24.1 Å². The summed E-state index contributed by atoms with van der Waals surface area (Å²) < 4.78 is 5.17.